The fourth-order valence-corrected chi connectivity index (χ4v) is 3.12. The summed E-state index contributed by atoms with van der Waals surface area (Å²) >= 11 is 0. The fourth-order valence-electron chi connectivity index (χ4n) is 3.12. The third-order valence-electron chi connectivity index (χ3n) is 4.70. The minimum Gasteiger partial charge on any atom is -0.493 e. The number of benzene rings is 2. The summed E-state index contributed by atoms with van der Waals surface area (Å²) in [7, 11) is 1.57. The summed E-state index contributed by atoms with van der Waals surface area (Å²) in [6, 6.07) is 15.6. The standard InChI is InChI=1S/C26H32O6/c1-4-30-25(27)22(26(28)31-5-2)18-21-15-16-23(29-3)24(19-21)32-17-11-7-10-14-20-12-8-6-9-13-20/h6,8-9,12-13,15-16,18-19H,4-5,7,10-11,14,17H2,1-3H3. The molecule has 172 valence electrons. The van der Waals surface area contributed by atoms with Gasteiger partial charge < -0.3 is 18.9 Å². The van der Waals surface area contributed by atoms with E-state index in [-0.39, 0.29) is 18.8 Å². The molecule has 2 aromatic rings. The second kappa shape index (κ2) is 13.9. The zero-order valence-electron chi connectivity index (χ0n) is 19.1. The molecule has 0 heterocycles. The summed E-state index contributed by atoms with van der Waals surface area (Å²) in [4.78, 5) is 24.4. The van der Waals surface area contributed by atoms with E-state index in [9.17, 15) is 9.59 Å². The Balaban J connectivity index is 2.00. The Kier molecular flexibility index (Phi) is 10.9. The Morgan fingerprint density at radius 3 is 2.16 bits per heavy atom. The molecule has 32 heavy (non-hydrogen) atoms. The lowest BCUT2D eigenvalue weighted by molar-refractivity contribution is -0.146. The van der Waals surface area contributed by atoms with Crippen LogP contribution in [0, 0.1) is 0 Å². The fraction of sp³-hybridized carbons (Fsp3) is 0.385. The highest BCUT2D eigenvalue weighted by atomic mass is 16.6. The van der Waals surface area contributed by atoms with Crippen LogP contribution in [0.1, 0.15) is 44.2 Å². The summed E-state index contributed by atoms with van der Waals surface area (Å²) in [5, 5.41) is 0. The highest BCUT2D eigenvalue weighted by molar-refractivity contribution is 6.17. The van der Waals surface area contributed by atoms with Crippen molar-refractivity contribution in [1.29, 1.82) is 0 Å². The number of carbonyl (C=O) groups excluding carboxylic acids is 2. The van der Waals surface area contributed by atoms with Crippen molar-refractivity contribution in [2.45, 2.75) is 39.5 Å². The number of hydrogen-bond acceptors (Lipinski definition) is 6. The van der Waals surface area contributed by atoms with E-state index >= 15 is 0 Å². The van der Waals surface area contributed by atoms with Crippen molar-refractivity contribution >= 4 is 18.0 Å². The second-order valence-corrected chi connectivity index (χ2v) is 7.05. The molecule has 0 amide bonds. The van der Waals surface area contributed by atoms with Crippen LogP contribution >= 0.6 is 0 Å². The predicted molar refractivity (Wildman–Crippen MR) is 124 cm³/mol. The molecule has 2 rings (SSSR count). The topological polar surface area (TPSA) is 71.1 Å². The van der Waals surface area contributed by atoms with Gasteiger partial charge in [-0.1, -0.05) is 36.4 Å². The summed E-state index contributed by atoms with van der Waals surface area (Å²) in [5.41, 5.74) is 1.79. The monoisotopic (exact) mass is 440 g/mol. The Labute approximate surface area is 190 Å². The summed E-state index contributed by atoms with van der Waals surface area (Å²) in [6.45, 7) is 4.23. The highest BCUT2D eigenvalue weighted by Gasteiger charge is 2.21. The van der Waals surface area contributed by atoms with Gasteiger partial charge in [-0.15, -0.1) is 0 Å². The average Bonchev–Trinajstić information content (AvgIpc) is 2.80. The van der Waals surface area contributed by atoms with E-state index in [2.05, 4.69) is 24.3 Å². The van der Waals surface area contributed by atoms with E-state index in [4.69, 9.17) is 18.9 Å². The molecule has 0 spiro atoms. The highest BCUT2D eigenvalue weighted by Crippen LogP contribution is 2.29. The van der Waals surface area contributed by atoms with Crippen molar-refractivity contribution in [1.82, 2.24) is 0 Å². The van der Waals surface area contributed by atoms with E-state index in [1.165, 1.54) is 11.6 Å². The molecule has 0 aliphatic carbocycles. The first-order chi connectivity index (χ1) is 15.6. The van der Waals surface area contributed by atoms with Crippen molar-refractivity contribution in [3.05, 3.63) is 65.2 Å². The van der Waals surface area contributed by atoms with Crippen LogP contribution in [0.4, 0.5) is 0 Å². The number of ether oxygens (including phenoxy) is 4. The van der Waals surface area contributed by atoms with Crippen LogP contribution in [0.5, 0.6) is 11.5 Å². The first-order valence-electron chi connectivity index (χ1n) is 11.0. The van der Waals surface area contributed by atoms with Crippen molar-refractivity contribution in [2.75, 3.05) is 26.9 Å². The van der Waals surface area contributed by atoms with Crippen LogP contribution in [0.2, 0.25) is 0 Å². The molecule has 6 nitrogen and oxygen atoms in total. The van der Waals surface area contributed by atoms with Gasteiger partial charge in [-0.2, -0.15) is 0 Å². The third-order valence-corrected chi connectivity index (χ3v) is 4.70. The summed E-state index contributed by atoms with van der Waals surface area (Å²) in [6.07, 6.45) is 5.55. The van der Waals surface area contributed by atoms with Gasteiger partial charge in [0.15, 0.2) is 11.5 Å². The lowest BCUT2D eigenvalue weighted by atomic mass is 10.1. The van der Waals surface area contributed by atoms with Crippen molar-refractivity contribution in [3.8, 4) is 11.5 Å². The van der Waals surface area contributed by atoms with Gasteiger partial charge in [0.05, 0.1) is 26.9 Å². The molecule has 0 bridgehead atoms. The first-order valence-corrected chi connectivity index (χ1v) is 11.0. The molecule has 0 saturated carbocycles. The minimum absolute atomic E-state index is 0.161. The number of carbonyl (C=O) groups is 2. The number of hydrogen-bond donors (Lipinski definition) is 0. The third kappa shape index (κ3) is 8.10. The number of methoxy groups -OCH3 is 1. The molecule has 0 aliphatic rings. The van der Waals surface area contributed by atoms with Gasteiger partial charge in [-0.05, 0) is 68.9 Å². The molecule has 0 N–H and O–H groups in total. The SMILES string of the molecule is CCOC(=O)C(=Cc1ccc(OC)c(OCCCCCc2ccccc2)c1)C(=O)OCC. The number of esters is 2. The lowest BCUT2D eigenvalue weighted by Gasteiger charge is -2.12. The van der Waals surface area contributed by atoms with Crippen LogP contribution in [0.15, 0.2) is 54.1 Å². The van der Waals surface area contributed by atoms with Gasteiger partial charge >= 0.3 is 11.9 Å². The maximum Gasteiger partial charge on any atom is 0.345 e. The maximum absolute atomic E-state index is 12.2. The minimum atomic E-state index is -0.720. The van der Waals surface area contributed by atoms with E-state index in [1.807, 2.05) is 6.07 Å². The van der Waals surface area contributed by atoms with Gasteiger partial charge in [0.2, 0.25) is 0 Å². The predicted octanol–water partition coefficient (Wildman–Crippen LogP) is 5.00. The molecular formula is C26H32O6. The van der Waals surface area contributed by atoms with Crippen LogP contribution in [-0.2, 0) is 25.5 Å². The summed E-state index contributed by atoms with van der Waals surface area (Å²) in [5.74, 6) is -0.304. The van der Waals surface area contributed by atoms with Crippen LogP contribution < -0.4 is 9.47 Å². The molecule has 2 aromatic carbocycles. The maximum atomic E-state index is 12.2. The molecule has 0 aromatic heterocycles. The van der Waals surface area contributed by atoms with Crippen molar-refractivity contribution < 1.29 is 28.5 Å². The average molecular weight is 441 g/mol. The molecule has 0 radical (unpaired) electrons. The van der Waals surface area contributed by atoms with Gasteiger partial charge in [0, 0.05) is 0 Å². The van der Waals surface area contributed by atoms with Crippen molar-refractivity contribution in [2.24, 2.45) is 0 Å². The van der Waals surface area contributed by atoms with E-state index < -0.39 is 11.9 Å². The Bertz CT molecular complexity index is 868. The first kappa shape index (κ1) is 25.0. The van der Waals surface area contributed by atoms with Gasteiger partial charge in [0.25, 0.3) is 0 Å². The normalized spacial score (nSPS) is 10.2. The largest absolute Gasteiger partial charge is 0.493 e. The van der Waals surface area contributed by atoms with Crippen LogP contribution in [0.25, 0.3) is 6.08 Å². The van der Waals surface area contributed by atoms with Crippen LogP contribution in [-0.4, -0.2) is 38.9 Å². The smallest absolute Gasteiger partial charge is 0.345 e. The quantitative estimate of drug-likeness (QED) is 0.144. The Morgan fingerprint density at radius 1 is 0.844 bits per heavy atom. The zero-order valence-corrected chi connectivity index (χ0v) is 19.1. The molecule has 6 heteroatoms. The molecule has 0 fully saturated rings. The van der Waals surface area contributed by atoms with Gasteiger partial charge in [0.1, 0.15) is 5.57 Å². The molecule has 0 atom stereocenters. The van der Waals surface area contributed by atoms with Crippen LogP contribution in [0.3, 0.4) is 0 Å². The van der Waals surface area contributed by atoms with Gasteiger partial charge in [-0.3, -0.25) is 0 Å². The van der Waals surface area contributed by atoms with E-state index in [0.29, 0.717) is 23.7 Å². The van der Waals surface area contributed by atoms with E-state index in [1.54, 1.807) is 39.2 Å². The molecule has 0 unspecified atom stereocenters. The van der Waals surface area contributed by atoms with Crippen molar-refractivity contribution in [3.63, 3.8) is 0 Å². The summed E-state index contributed by atoms with van der Waals surface area (Å²) < 4.78 is 21.3. The van der Waals surface area contributed by atoms with Gasteiger partial charge in [-0.25, -0.2) is 9.59 Å². The number of aryl methyl sites for hydroxylation is 1. The molecule has 0 saturated heterocycles. The molecular weight excluding hydrogens is 408 g/mol. The Hall–Kier alpha value is -3.28. The lowest BCUT2D eigenvalue weighted by Crippen LogP contribution is -2.18. The number of rotatable bonds is 13. The zero-order chi connectivity index (χ0) is 23.2. The second-order valence-electron chi connectivity index (χ2n) is 7.05. The molecule has 0 aliphatic heterocycles. The number of unbranched alkanes of at least 4 members (excludes halogenated alkanes) is 2. The van der Waals surface area contributed by atoms with E-state index in [0.717, 1.165) is 25.7 Å². The Morgan fingerprint density at radius 2 is 1.53 bits per heavy atom.